The van der Waals surface area contributed by atoms with Gasteiger partial charge in [-0.15, -0.1) is 0 Å². The maximum absolute atomic E-state index is 14.7. The molecule has 0 spiro atoms. The van der Waals surface area contributed by atoms with Gasteiger partial charge in [0.1, 0.15) is 11.6 Å². The molecule has 1 unspecified atom stereocenters. The molecule has 0 fully saturated rings. The van der Waals surface area contributed by atoms with Crippen molar-refractivity contribution in [1.82, 2.24) is 9.97 Å². The normalized spacial score (nSPS) is 16.5. The number of methoxy groups -OCH3 is 1. The lowest BCUT2D eigenvalue weighted by Gasteiger charge is -2.20. The lowest BCUT2D eigenvalue weighted by atomic mass is 9.95. The standard InChI is InChI=1S/C20H21FN4O4S/c1-20(2,28)10-4-5-11(13(21)6-10)15-7-12(17(22)26)18(30-15)25-16-9-23-14(8-24-16)19(27)29-3/h4-6,8-9,15,28H,7H2,1-3H3,(H2,22,26)(H,24,25). The summed E-state index contributed by atoms with van der Waals surface area (Å²) < 4.78 is 19.3. The number of hydrogen-bond acceptors (Lipinski definition) is 8. The van der Waals surface area contributed by atoms with Crippen LogP contribution in [0.2, 0.25) is 0 Å². The predicted octanol–water partition coefficient (Wildman–Crippen LogP) is 2.62. The molecular formula is C20H21FN4O4S. The van der Waals surface area contributed by atoms with Crippen LogP contribution in [-0.4, -0.2) is 34.1 Å². The van der Waals surface area contributed by atoms with Crippen molar-refractivity contribution in [1.29, 1.82) is 0 Å². The summed E-state index contributed by atoms with van der Waals surface area (Å²) in [4.78, 5) is 31.4. The van der Waals surface area contributed by atoms with Gasteiger partial charge in [0, 0.05) is 16.4 Å². The zero-order chi connectivity index (χ0) is 22.1. The molecule has 3 rings (SSSR count). The van der Waals surface area contributed by atoms with Crippen LogP contribution in [0.4, 0.5) is 10.2 Å². The van der Waals surface area contributed by atoms with Gasteiger partial charge < -0.3 is 20.9 Å². The van der Waals surface area contributed by atoms with Crippen LogP contribution in [0.25, 0.3) is 0 Å². The fourth-order valence-corrected chi connectivity index (χ4v) is 4.25. The second-order valence-corrected chi connectivity index (χ2v) is 8.39. The number of nitrogens with two attached hydrogens (primary N) is 1. The number of carbonyl (C=O) groups is 2. The summed E-state index contributed by atoms with van der Waals surface area (Å²) in [7, 11) is 1.24. The summed E-state index contributed by atoms with van der Waals surface area (Å²) in [6, 6.07) is 4.56. The summed E-state index contributed by atoms with van der Waals surface area (Å²) in [5.41, 5.74) is 5.55. The van der Waals surface area contributed by atoms with Crippen LogP contribution in [0.1, 0.15) is 47.1 Å². The quantitative estimate of drug-likeness (QED) is 0.595. The topological polar surface area (TPSA) is 127 Å². The second-order valence-electron chi connectivity index (χ2n) is 7.18. The SMILES string of the molecule is COC(=O)c1cnc(NC2=C(C(N)=O)CC(c3ccc(C(C)(C)O)cc3F)S2)cn1. The minimum atomic E-state index is -1.17. The van der Waals surface area contributed by atoms with Gasteiger partial charge in [-0.1, -0.05) is 23.9 Å². The fourth-order valence-electron chi connectivity index (χ4n) is 2.91. The summed E-state index contributed by atoms with van der Waals surface area (Å²) in [6.07, 6.45) is 2.80. The number of esters is 1. The van der Waals surface area contributed by atoms with E-state index in [0.29, 0.717) is 27.5 Å². The monoisotopic (exact) mass is 432 g/mol. The number of nitrogens with zero attached hydrogens (tertiary/aromatic N) is 2. The molecule has 0 radical (unpaired) electrons. The van der Waals surface area contributed by atoms with E-state index in [1.807, 2.05) is 0 Å². The minimum absolute atomic E-state index is 0.0399. The fraction of sp³-hybridized carbons (Fsp3) is 0.300. The lowest BCUT2D eigenvalue weighted by molar-refractivity contribution is -0.114. The van der Waals surface area contributed by atoms with Crippen molar-refractivity contribution in [2.75, 3.05) is 12.4 Å². The Bertz CT molecular complexity index is 1020. The average Bonchev–Trinajstić information content (AvgIpc) is 3.11. The zero-order valence-electron chi connectivity index (χ0n) is 16.6. The average molecular weight is 432 g/mol. The van der Waals surface area contributed by atoms with Gasteiger partial charge in [0.05, 0.1) is 30.1 Å². The van der Waals surface area contributed by atoms with Crippen molar-refractivity contribution in [2.24, 2.45) is 5.73 Å². The Balaban J connectivity index is 1.81. The molecule has 2 heterocycles. The van der Waals surface area contributed by atoms with Crippen molar-refractivity contribution in [3.05, 3.63) is 63.8 Å². The molecule has 0 bridgehead atoms. The summed E-state index contributed by atoms with van der Waals surface area (Å²) in [5.74, 6) is -1.42. The Morgan fingerprint density at radius 2 is 2.07 bits per heavy atom. The van der Waals surface area contributed by atoms with E-state index in [4.69, 9.17) is 5.73 Å². The maximum atomic E-state index is 14.7. The number of halogens is 1. The van der Waals surface area contributed by atoms with Gasteiger partial charge in [-0.3, -0.25) is 4.79 Å². The summed E-state index contributed by atoms with van der Waals surface area (Å²) in [6.45, 7) is 3.15. The van der Waals surface area contributed by atoms with Gasteiger partial charge in [-0.25, -0.2) is 19.2 Å². The third kappa shape index (κ3) is 4.60. The Hall–Kier alpha value is -2.98. The summed E-state index contributed by atoms with van der Waals surface area (Å²) in [5, 5.41) is 13.1. The van der Waals surface area contributed by atoms with E-state index < -0.39 is 23.3 Å². The highest BCUT2D eigenvalue weighted by molar-refractivity contribution is 8.03. The molecule has 30 heavy (non-hydrogen) atoms. The highest BCUT2D eigenvalue weighted by Crippen LogP contribution is 2.48. The predicted molar refractivity (Wildman–Crippen MR) is 110 cm³/mol. The molecule has 8 nitrogen and oxygen atoms in total. The van der Waals surface area contributed by atoms with Crippen molar-refractivity contribution < 1.29 is 23.8 Å². The van der Waals surface area contributed by atoms with E-state index >= 15 is 0 Å². The number of aliphatic hydroxyl groups is 1. The van der Waals surface area contributed by atoms with Gasteiger partial charge in [0.15, 0.2) is 5.69 Å². The molecule has 4 N–H and O–H groups in total. The molecule has 1 aromatic carbocycles. The van der Waals surface area contributed by atoms with Crippen molar-refractivity contribution >= 4 is 29.5 Å². The summed E-state index contributed by atoms with van der Waals surface area (Å²) >= 11 is 1.24. The largest absolute Gasteiger partial charge is 0.464 e. The number of rotatable bonds is 6. The third-order valence-electron chi connectivity index (χ3n) is 4.56. The molecule has 1 amide bonds. The van der Waals surface area contributed by atoms with E-state index in [1.165, 1.54) is 37.3 Å². The first-order valence-electron chi connectivity index (χ1n) is 8.99. The van der Waals surface area contributed by atoms with Crippen molar-refractivity contribution in [3.8, 4) is 0 Å². The number of carbonyl (C=O) groups excluding carboxylic acids is 2. The minimum Gasteiger partial charge on any atom is -0.464 e. The van der Waals surface area contributed by atoms with Crippen LogP contribution in [0, 0.1) is 5.82 Å². The number of nitrogens with one attached hydrogen (secondary N) is 1. The van der Waals surface area contributed by atoms with Gasteiger partial charge in [-0.2, -0.15) is 0 Å². The van der Waals surface area contributed by atoms with Crippen LogP contribution >= 0.6 is 11.8 Å². The lowest BCUT2D eigenvalue weighted by Crippen LogP contribution is -2.16. The number of aromatic nitrogens is 2. The van der Waals surface area contributed by atoms with Crippen LogP contribution in [0.3, 0.4) is 0 Å². The number of primary amides is 1. The van der Waals surface area contributed by atoms with Crippen molar-refractivity contribution in [3.63, 3.8) is 0 Å². The molecule has 0 saturated heterocycles. The van der Waals surface area contributed by atoms with Gasteiger partial charge >= 0.3 is 5.97 Å². The first-order valence-corrected chi connectivity index (χ1v) is 9.87. The molecule has 0 saturated carbocycles. The van der Waals surface area contributed by atoms with Gasteiger partial charge in [0.25, 0.3) is 0 Å². The molecular weight excluding hydrogens is 411 g/mol. The molecule has 1 aliphatic heterocycles. The zero-order valence-corrected chi connectivity index (χ0v) is 17.4. The molecule has 1 aliphatic rings. The van der Waals surface area contributed by atoms with E-state index in [0.717, 1.165) is 0 Å². The highest BCUT2D eigenvalue weighted by atomic mass is 32.2. The first-order chi connectivity index (χ1) is 14.1. The molecule has 10 heteroatoms. The van der Waals surface area contributed by atoms with E-state index in [-0.39, 0.29) is 17.4 Å². The van der Waals surface area contributed by atoms with E-state index in [1.54, 1.807) is 26.0 Å². The van der Waals surface area contributed by atoms with E-state index in [2.05, 4.69) is 20.0 Å². The Kier molecular flexibility index (Phi) is 6.09. The number of ether oxygens (including phenoxy) is 1. The number of hydrogen-bond donors (Lipinski definition) is 3. The van der Waals surface area contributed by atoms with Gasteiger partial charge in [-0.05, 0) is 31.9 Å². The highest BCUT2D eigenvalue weighted by Gasteiger charge is 2.32. The molecule has 158 valence electrons. The van der Waals surface area contributed by atoms with Crippen LogP contribution < -0.4 is 11.1 Å². The van der Waals surface area contributed by atoms with Crippen LogP contribution in [0.15, 0.2) is 41.2 Å². The molecule has 1 aromatic heterocycles. The second kappa shape index (κ2) is 8.41. The smallest absolute Gasteiger partial charge is 0.358 e. The van der Waals surface area contributed by atoms with Crippen molar-refractivity contribution in [2.45, 2.75) is 31.1 Å². The van der Waals surface area contributed by atoms with Crippen LogP contribution in [-0.2, 0) is 15.1 Å². The van der Waals surface area contributed by atoms with Gasteiger partial charge in [0.2, 0.25) is 5.91 Å². The first kappa shape index (κ1) is 21.7. The third-order valence-corrected chi connectivity index (χ3v) is 5.85. The maximum Gasteiger partial charge on any atom is 0.358 e. The number of amides is 1. The molecule has 2 aromatic rings. The number of benzene rings is 1. The molecule has 0 aliphatic carbocycles. The number of anilines is 1. The van der Waals surface area contributed by atoms with E-state index in [9.17, 15) is 19.1 Å². The Morgan fingerprint density at radius 3 is 2.60 bits per heavy atom. The Labute approximate surface area is 176 Å². The Morgan fingerprint density at radius 1 is 1.33 bits per heavy atom. The number of thioether (sulfide) groups is 1. The molecule has 1 atom stereocenters. The van der Waals surface area contributed by atoms with Crippen LogP contribution in [0.5, 0.6) is 0 Å².